The van der Waals surface area contributed by atoms with Crippen LogP contribution in [0.4, 0.5) is 11.4 Å². The van der Waals surface area contributed by atoms with Gasteiger partial charge in [0.1, 0.15) is 23.3 Å². The fraction of sp³-hybridized carbons (Fsp3) is 0.312. The monoisotopic (exact) mass is 572 g/mol. The zero-order valence-electron chi connectivity index (χ0n) is 22.7. The predicted octanol–water partition coefficient (Wildman–Crippen LogP) is 7.81. The normalized spacial score (nSPS) is 19.6. The molecule has 0 saturated carbocycles. The number of anilines is 2. The fourth-order valence-electron chi connectivity index (χ4n) is 5.62. The van der Waals surface area contributed by atoms with Crippen LogP contribution in [-0.4, -0.2) is 29.8 Å². The zero-order chi connectivity index (χ0) is 27.6. The molecule has 2 aromatic carbocycles. The van der Waals surface area contributed by atoms with E-state index in [2.05, 4.69) is 39.2 Å². The first-order valence-electron chi connectivity index (χ1n) is 13.9. The molecule has 8 heteroatoms. The molecule has 0 amide bonds. The molecule has 4 heterocycles. The van der Waals surface area contributed by atoms with Gasteiger partial charge in [0.2, 0.25) is 0 Å². The van der Waals surface area contributed by atoms with Crippen molar-refractivity contribution in [3.63, 3.8) is 0 Å². The Hall–Kier alpha value is -3.55. The zero-order valence-corrected chi connectivity index (χ0v) is 24.3. The van der Waals surface area contributed by atoms with Crippen molar-refractivity contribution in [2.45, 2.75) is 38.8 Å². The summed E-state index contributed by atoms with van der Waals surface area (Å²) in [6.07, 6.45) is 4.17. The van der Waals surface area contributed by atoms with Crippen LogP contribution in [0, 0.1) is 5.92 Å². The van der Waals surface area contributed by atoms with Crippen molar-refractivity contribution in [1.29, 1.82) is 0 Å². The Morgan fingerprint density at radius 3 is 2.55 bits per heavy atom. The highest BCUT2D eigenvalue weighted by Gasteiger charge is 2.42. The van der Waals surface area contributed by atoms with Crippen LogP contribution in [0.15, 0.2) is 83.4 Å². The molecule has 2 aliphatic rings. The lowest BCUT2D eigenvalue weighted by Crippen LogP contribution is -2.33. The molecule has 0 aliphatic carbocycles. The van der Waals surface area contributed by atoms with Crippen molar-refractivity contribution < 1.29 is 9.15 Å². The Morgan fingerprint density at radius 2 is 1.85 bits per heavy atom. The van der Waals surface area contributed by atoms with E-state index in [1.54, 1.807) is 6.20 Å². The SMILES string of the molecule is CCOc1ccc(-c2ccc([C@H]3[C@@H](c4ccccn4)NC(=S)N3c3ccc(N4CCC(C)CC4)c(Cl)c3)o2)cc1. The second-order valence-electron chi connectivity index (χ2n) is 10.5. The average molecular weight is 573 g/mol. The number of hydrogen-bond donors (Lipinski definition) is 1. The Balaban J connectivity index is 1.35. The van der Waals surface area contributed by atoms with Crippen molar-refractivity contribution in [3.05, 3.63) is 95.5 Å². The Morgan fingerprint density at radius 1 is 1.05 bits per heavy atom. The highest BCUT2D eigenvalue weighted by Crippen LogP contribution is 2.44. The number of aromatic nitrogens is 1. The summed E-state index contributed by atoms with van der Waals surface area (Å²) in [5.74, 6) is 3.16. The molecule has 2 aromatic heterocycles. The van der Waals surface area contributed by atoms with Gasteiger partial charge in [0.15, 0.2) is 5.11 Å². The minimum Gasteiger partial charge on any atom is -0.494 e. The molecular weight excluding hydrogens is 540 g/mol. The molecule has 0 radical (unpaired) electrons. The largest absolute Gasteiger partial charge is 0.494 e. The highest BCUT2D eigenvalue weighted by molar-refractivity contribution is 7.80. The third kappa shape index (κ3) is 5.28. The number of nitrogens with one attached hydrogen (secondary N) is 1. The Labute approximate surface area is 245 Å². The van der Waals surface area contributed by atoms with E-state index in [0.29, 0.717) is 11.7 Å². The number of pyridine rings is 1. The second kappa shape index (κ2) is 11.5. The van der Waals surface area contributed by atoms with Crippen molar-refractivity contribution in [3.8, 4) is 17.1 Å². The minimum absolute atomic E-state index is 0.199. The summed E-state index contributed by atoms with van der Waals surface area (Å²) in [6, 6.07) is 23.7. The molecule has 0 spiro atoms. The standard InChI is InChI=1S/C32H33ClN4O2S/c1-3-38-24-10-7-22(8-11-24)28-13-14-29(39-28)31-30(26-6-4-5-17-34-26)35-32(40)37(31)23-9-12-27(25(33)20-23)36-18-15-21(2)16-19-36/h4-14,17,20-21,30-31H,3,15-16,18-19H2,1-2H3,(H,35,40)/t30-,31+/m1/s1. The fourth-order valence-corrected chi connectivity index (χ4v) is 6.26. The van der Waals surface area contributed by atoms with Crippen LogP contribution in [0.2, 0.25) is 5.02 Å². The molecule has 2 aliphatic heterocycles. The summed E-state index contributed by atoms with van der Waals surface area (Å²) in [4.78, 5) is 9.14. The molecule has 2 atom stereocenters. The molecule has 40 heavy (non-hydrogen) atoms. The average Bonchev–Trinajstić information content (AvgIpc) is 3.59. The van der Waals surface area contributed by atoms with Gasteiger partial charge in [0, 0.05) is 30.5 Å². The van der Waals surface area contributed by atoms with Gasteiger partial charge in [-0.15, -0.1) is 0 Å². The van der Waals surface area contributed by atoms with E-state index in [1.807, 2.05) is 67.6 Å². The quantitative estimate of drug-likeness (QED) is 0.227. The van der Waals surface area contributed by atoms with E-state index >= 15 is 0 Å². The summed E-state index contributed by atoms with van der Waals surface area (Å²) in [5, 5.41) is 4.84. The molecular formula is C32H33ClN4O2S. The van der Waals surface area contributed by atoms with Gasteiger partial charge in [-0.3, -0.25) is 4.98 Å². The summed E-state index contributed by atoms with van der Waals surface area (Å²) in [5.41, 5.74) is 3.86. The van der Waals surface area contributed by atoms with Crippen LogP contribution >= 0.6 is 23.8 Å². The molecule has 0 bridgehead atoms. The van der Waals surface area contributed by atoms with Crippen LogP contribution in [0.25, 0.3) is 11.3 Å². The van der Waals surface area contributed by atoms with Crippen LogP contribution in [0.5, 0.6) is 5.75 Å². The maximum atomic E-state index is 6.91. The van der Waals surface area contributed by atoms with E-state index < -0.39 is 0 Å². The van der Waals surface area contributed by atoms with E-state index in [0.717, 1.165) is 63.9 Å². The lowest BCUT2D eigenvalue weighted by molar-refractivity contribution is 0.340. The van der Waals surface area contributed by atoms with Gasteiger partial charge < -0.3 is 24.3 Å². The van der Waals surface area contributed by atoms with Crippen LogP contribution in [-0.2, 0) is 0 Å². The number of furan rings is 1. The molecule has 206 valence electrons. The van der Waals surface area contributed by atoms with Crippen LogP contribution in [0.1, 0.15) is 50.2 Å². The summed E-state index contributed by atoms with van der Waals surface area (Å²) < 4.78 is 12.1. The van der Waals surface area contributed by atoms with Gasteiger partial charge >= 0.3 is 0 Å². The topological polar surface area (TPSA) is 53.8 Å². The molecule has 1 N–H and O–H groups in total. The summed E-state index contributed by atoms with van der Waals surface area (Å²) >= 11 is 12.8. The van der Waals surface area contributed by atoms with E-state index in [1.165, 1.54) is 12.8 Å². The molecule has 2 saturated heterocycles. The van der Waals surface area contributed by atoms with Gasteiger partial charge in [-0.1, -0.05) is 24.6 Å². The van der Waals surface area contributed by atoms with Gasteiger partial charge in [0.05, 0.1) is 29.1 Å². The van der Waals surface area contributed by atoms with Crippen LogP contribution in [0.3, 0.4) is 0 Å². The lowest BCUT2D eigenvalue weighted by atomic mass is 9.98. The summed E-state index contributed by atoms with van der Waals surface area (Å²) in [6.45, 7) is 6.97. The molecule has 0 unspecified atom stereocenters. The smallest absolute Gasteiger partial charge is 0.174 e. The number of nitrogens with zero attached hydrogens (tertiary/aromatic N) is 3. The predicted molar refractivity (Wildman–Crippen MR) is 165 cm³/mol. The molecule has 6 rings (SSSR count). The maximum Gasteiger partial charge on any atom is 0.174 e. The number of halogens is 1. The maximum absolute atomic E-state index is 6.91. The molecule has 2 fully saturated rings. The van der Waals surface area contributed by atoms with Gasteiger partial charge in [-0.05, 0) is 105 Å². The van der Waals surface area contributed by atoms with Crippen LogP contribution < -0.4 is 19.9 Å². The van der Waals surface area contributed by atoms with E-state index in [4.69, 9.17) is 33.0 Å². The lowest BCUT2D eigenvalue weighted by Gasteiger charge is -2.33. The number of piperidine rings is 1. The van der Waals surface area contributed by atoms with Crippen molar-refractivity contribution in [2.75, 3.05) is 29.5 Å². The van der Waals surface area contributed by atoms with Crippen molar-refractivity contribution in [1.82, 2.24) is 10.3 Å². The first kappa shape index (κ1) is 26.7. The van der Waals surface area contributed by atoms with E-state index in [9.17, 15) is 0 Å². The number of benzene rings is 2. The van der Waals surface area contributed by atoms with Crippen molar-refractivity contribution >= 4 is 40.3 Å². The third-order valence-corrected chi connectivity index (χ3v) is 8.42. The van der Waals surface area contributed by atoms with Gasteiger partial charge in [-0.25, -0.2) is 0 Å². The molecule has 4 aromatic rings. The van der Waals surface area contributed by atoms with Crippen molar-refractivity contribution in [2.24, 2.45) is 5.92 Å². The molecule has 6 nitrogen and oxygen atoms in total. The number of thiocarbonyl (C=S) groups is 1. The first-order valence-corrected chi connectivity index (χ1v) is 14.7. The van der Waals surface area contributed by atoms with E-state index in [-0.39, 0.29) is 12.1 Å². The Kier molecular flexibility index (Phi) is 7.67. The third-order valence-electron chi connectivity index (χ3n) is 7.80. The number of rotatable bonds is 7. The first-order chi connectivity index (χ1) is 19.5. The Bertz CT molecular complexity index is 1470. The number of hydrogen-bond acceptors (Lipinski definition) is 5. The van der Waals surface area contributed by atoms with Gasteiger partial charge in [0.25, 0.3) is 0 Å². The van der Waals surface area contributed by atoms with Gasteiger partial charge in [-0.2, -0.15) is 0 Å². The number of ether oxygens (including phenoxy) is 1. The highest BCUT2D eigenvalue weighted by atomic mass is 35.5. The summed E-state index contributed by atoms with van der Waals surface area (Å²) in [7, 11) is 0. The minimum atomic E-state index is -0.253. The second-order valence-corrected chi connectivity index (χ2v) is 11.3.